The molecule has 0 atom stereocenters. The minimum atomic E-state index is 0.406. The first-order chi connectivity index (χ1) is 10.2. The molecule has 1 aromatic heterocycles. The Morgan fingerprint density at radius 2 is 1.52 bits per heavy atom. The van der Waals surface area contributed by atoms with Gasteiger partial charge in [0.2, 0.25) is 17.6 Å². The van der Waals surface area contributed by atoms with Crippen molar-refractivity contribution in [1.29, 1.82) is 0 Å². The topological polar surface area (TPSA) is 90.4 Å². The molecule has 0 bridgehead atoms. The van der Waals surface area contributed by atoms with Gasteiger partial charge in [-0.25, -0.2) is 9.97 Å². The molecule has 0 saturated heterocycles. The minimum absolute atomic E-state index is 0.406. The third-order valence-corrected chi connectivity index (χ3v) is 2.72. The van der Waals surface area contributed by atoms with Crippen LogP contribution in [0.25, 0.3) is 0 Å². The number of rotatable bonds is 6. The summed E-state index contributed by atoms with van der Waals surface area (Å²) >= 11 is 0. The molecule has 21 heavy (non-hydrogen) atoms. The Kier molecular flexibility index (Phi) is 4.60. The van der Waals surface area contributed by atoms with E-state index < -0.39 is 0 Å². The van der Waals surface area contributed by atoms with Gasteiger partial charge in [-0.2, -0.15) is 4.98 Å². The van der Waals surface area contributed by atoms with E-state index >= 15 is 0 Å². The minimum Gasteiger partial charge on any atom is -0.493 e. The number of nitrogens with zero attached hydrogens (tertiary/aromatic N) is 3. The van der Waals surface area contributed by atoms with E-state index in [9.17, 15) is 0 Å². The summed E-state index contributed by atoms with van der Waals surface area (Å²) in [5.41, 5.74) is 0.706. The van der Waals surface area contributed by atoms with Crippen LogP contribution < -0.4 is 24.8 Å². The molecule has 2 rings (SSSR count). The highest BCUT2D eigenvalue weighted by molar-refractivity contribution is 5.65. The smallest absolute Gasteiger partial charge is 0.231 e. The third-order valence-electron chi connectivity index (χ3n) is 2.72. The Hall–Kier alpha value is -2.77. The van der Waals surface area contributed by atoms with Gasteiger partial charge in [0.15, 0.2) is 11.5 Å². The van der Waals surface area contributed by atoms with Crippen molar-refractivity contribution < 1.29 is 14.2 Å². The maximum Gasteiger partial charge on any atom is 0.231 e. The Morgan fingerprint density at radius 1 is 0.905 bits per heavy atom. The van der Waals surface area contributed by atoms with Crippen LogP contribution in [0.5, 0.6) is 17.2 Å². The molecule has 0 radical (unpaired) electrons. The van der Waals surface area contributed by atoms with Gasteiger partial charge in [0.1, 0.15) is 6.33 Å². The molecule has 8 nitrogen and oxygen atoms in total. The molecule has 8 heteroatoms. The lowest BCUT2D eigenvalue weighted by atomic mass is 10.2. The lowest BCUT2D eigenvalue weighted by Crippen LogP contribution is -2.03. The van der Waals surface area contributed by atoms with E-state index in [4.69, 9.17) is 14.2 Å². The van der Waals surface area contributed by atoms with E-state index in [1.807, 2.05) is 0 Å². The number of ether oxygens (including phenoxy) is 3. The van der Waals surface area contributed by atoms with Gasteiger partial charge in [-0.3, -0.25) is 0 Å². The quantitative estimate of drug-likeness (QED) is 0.831. The van der Waals surface area contributed by atoms with Crippen molar-refractivity contribution in [1.82, 2.24) is 15.0 Å². The molecule has 0 unspecified atom stereocenters. The summed E-state index contributed by atoms with van der Waals surface area (Å²) in [6, 6.07) is 3.54. The average Bonchev–Trinajstić information content (AvgIpc) is 2.53. The summed E-state index contributed by atoms with van der Waals surface area (Å²) in [4.78, 5) is 12.2. The maximum atomic E-state index is 5.29. The van der Waals surface area contributed by atoms with Crippen LogP contribution in [0, 0.1) is 0 Å². The molecule has 0 fully saturated rings. The highest BCUT2D eigenvalue weighted by Crippen LogP contribution is 2.40. The zero-order valence-corrected chi connectivity index (χ0v) is 12.3. The molecule has 2 N–H and O–H groups in total. The third kappa shape index (κ3) is 3.22. The van der Waals surface area contributed by atoms with E-state index in [0.717, 1.165) is 0 Å². The molecule has 0 saturated carbocycles. The molecule has 0 amide bonds. The van der Waals surface area contributed by atoms with Gasteiger partial charge >= 0.3 is 0 Å². The van der Waals surface area contributed by atoms with Crippen molar-refractivity contribution in [2.45, 2.75) is 0 Å². The zero-order valence-electron chi connectivity index (χ0n) is 12.3. The van der Waals surface area contributed by atoms with E-state index in [1.54, 1.807) is 40.5 Å². The summed E-state index contributed by atoms with van der Waals surface area (Å²) in [7, 11) is 6.41. The van der Waals surface area contributed by atoms with Crippen molar-refractivity contribution in [2.24, 2.45) is 0 Å². The summed E-state index contributed by atoms with van der Waals surface area (Å²) < 4.78 is 15.9. The maximum absolute atomic E-state index is 5.29. The fourth-order valence-electron chi connectivity index (χ4n) is 1.76. The van der Waals surface area contributed by atoms with Crippen LogP contribution in [0.3, 0.4) is 0 Å². The fraction of sp³-hybridized carbons (Fsp3) is 0.308. The van der Waals surface area contributed by atoms with Gasteiger partial charge in [-0.15, -0.1) is 0 Å². The van der Waals surface area contributed by atoms with Gasteiger partial charge in [0.25, 0.3) is 0 Å². The van der Waals surface area contributed by atoms with Crippen LogP contribution in [0.4, 0.5) is 17.6 Å². The van der Waals surface area contributed by atoms with E-state index in [2.05, 4.69) is 25.6 Å². The number of benzene rings is 1. The van der Waals surface area contributed by atoms with Crippen LogP contribution >= 0.6 is 0 Å². The largest absolute Gasteiger partial charge is 0.493 e. The van der Waals surface area contributed by atoms with Gasteiger partial charge in [0, 0.05) is 24.9 Å². The molecule has 1 aromatic carbocycles. The lowest BCUT2D eigenvalue weighted by Gasteiger charge is -2.14. The van der Waals surface area contributed by atoms with E-state index in [1.165, 1.54) is 6.33 Å². The first-order valence-corrected chi connectivity index (χ1v) is 6.15. The van der Waals surface area contributed by atoms with E-state index in [0.29, 0.717) is 34.8 Å². The van der Waals surface area contributed by atoms with Crippen molar-refractivity contribution in [3.8, 4) is 17.2 Å². The SMILES string of the molecule is CNc1ncnc(Nc2cc(OC)c(OC)c(OC)c2)n1. The second-order valence-electron chi connectivity index (χ2n) is 3.92. The number of hydrogen-bond donors (Lipinski definition) is 2. The molecule has 0 aliphatic rings. The van der Waals surface area contributed by atoms with Gasteiger partial charge in [0.05, 0.1) is 21.3 Å². The predicted octanol–water partition coefficient (Wildman–Crippen LogP) is 1.68. The first-order valence-electron chi connectivity index (χ1n) is 6.15. The van der Waals surface area contributed by atoms with Crippen molar-refractivity contribution in [2.75, 3.05) is 39.0 Å². The second kappa shape index (κ2) is 6.60. The monoisotopic (exact) mass is 291 g/mol. The van der Waals surface area contributed by atoms with Gasteiger partial charge < -0.3 is 24.8 Å². The molecule has 1 heterocycles. The van der Waals surface area contributed by atoms with Gasteiger partial charge in [-0.1, -0.05) is 0 Å². The Bertz CT molecular complexity index is 596. The summed E-state index contributed by atoms with van der Waals surface area (Å²) in [6.45, 7) is 0. The van der Waals surface area contributed by atoms with Crippen LogP contribution in [0.2, 0.25) is 0 Å². The van der Waals surface area contributed by atoms with E-state index in [-0.39, 0.29) is 0 Å². The highest BCUT2D eigenvalue weighted by atomic mass is 16.5. The molecular weight excluding hydrogens is 274 g/mol. The number of anilines is 3. The Labute approximate surface area is 122 Å². The summed E-state index contributed by atoms with van der Waals surface area (Å²) in [5.74, 6) is 2.49. The lowest BCUT2D eigenvalue weighted by molar-refractivity contribution is 0.324. The normalized spacial score (nSPS) is 9.90. The van der Waals surface area contributed by atoms with Crippen LogP contribution in [-0.4, -0.2) is 43.3 Å². The van der Waals surface area contributed by atoms with Crippen LogP contribution in [-0.2, 0) is 0 Å². The Morgan fingerprint density at radius 3 is 2.05 bits per heavy atom. The number of nitrogens with one attached hydrogen (secondary N) is 2. The van der Waals surface area contributed by atoms with Crippen LogP contribution in [0.15, 0.2) is 18.5 Å². The Balaban J connectivity index is 2.35. The molecule has 0 aliphatic heterocycles. The van der Waals surface area contributed by atoms with Crippen molar-refractivity contribution >= 4 is 17.6 Å². The van der Waals surface area contributed by atoms with Gasteiger partial charge in [-0.05, 0) is 0 Å². The predicted molar refractivity (Wildman–Crippen MR) is 78.8 cm³/mol. The van der Waals surface area contributed by atoms with Crippen molar-refractivity contribution in [3.63, 3.8) is 0 Å². The molecule has 0 spiro atoms. The fourth-order valence-corrected chi connectivity index (χ4v) is 1.76. The summed E-state index contributed by atoms with van der Waals surface area (Å²) in [6.07, 6.45) is 1.42. The highest BCUT2D eigenvalue weighted by Gasteiger charge is 2.13. The number of methoxy groups -OCH3 is 3. The molecule has 112 valence electrons. The number of hydrogen-bond acceptors (Lipinski definition) is 8. The molecule has 2 aromatic rings. The number of aromatic nitrogens is 3. The average molecular weight is 291 g/mol. The second-order valence-corrected chi connectivity index (χ2v) is 3.92. The van der Waals surface area contributed by atoms with Crippen LogP contribution in [0.1, 0.15) is 0 Å². The molecular formula is C13H17N5O3. The summed E-state index contributed by atoms with van der Waals surface area (Å²) in [5, 5.41) is 5.91. The standard InChI is InChI=1S/C13H17N5O3/c1-14-12-15-7-16-13(18-12)17-8-5-9(19-2)11(21-4)10(6-8)20-3/h5-7H,1-4H3,(H2,14,15,16,17,18). The molecule has 0 aliphatic carbocycles. The van der Waals surface area contributed by atoms with Crippen molar-refractivity contribution in [3.05, 3.63) is 18.5 Å². The zero-order chi connectivity index (χ0) is 15.2. The first kappa shape index (κ1) is 14.6.